The Bertz CT molecular complexity index is 400. The van der Waals surface area contributed by atoms with Crippen LogP contribution in [0.2, 0.25) is 0 Å². The van der Waals surface area contributed by atoms with Gasteiger partial charge >= 0.3 is 0 Å². The number of nitrogens with zero attached hydrogens (tertiary/aromatic N) is 1. The Morgan fingerprint density at radius 3 is 3.17 bits per heavy atom. The van der Waals surface area contributed by atoms with Gasteiger partial charge in [0.05, 0.1) is 0 Å². The third-order valence-electron chi connectivity index (χ3n) is 3.51. The number of amides is 1. The van der Waals surface area contributed by atoms with Gasteiger partial charge in [-0.05, 0) is 49.2 Å². The first-order chi connectivity index (χ1) is 8.68. The Balaban J connectivity index is 1.74. The highest BCUT2D eigenvalue weighted by Gasteiger charge is 2.20. The number of hydrogen-bond donors (Lipinski definition) is 1. The van der Waals surface area contributed by atoms with E-state index >= 15 is 0 Å². The van der Waals surface area contributed by atoms with Crippen molar-refractivity contribution in [2.24, 2.45) is 0 Å². The maximum Gasteiger partial charge on any atom is 0.222 e. The predicted molar refractivity (Wildman–Crippen MR) is 75.9 cm³/mol. The SMILES string of the molecule is CN(C)C(=O)CCCNC1CCCc2sccc21. The van der Waals surface area contributed by atoms with Gasteiger partial charge in [-0.3, -0.25) is 4.79 Å². The maximum atomic E-state index is 11.5. The van der Waals surface area contributed by atoms with Gasteiger partial charge in [0.15, 0.2) is 0 Å². The average molecular weight is 266 g/mol. The molecular weight excluding hydrogens is 244 g/mol. The molecule has 18 heavy (non-hydrogen) atoms. The number of thiophene rings is 1. The molecule has 2 rings (SSSR count). The Morgan fingerprint density at radius 1 is 1.56 bits per heavy atom. The van der Waals surface area contributed by atoms with Gasteiger partial charge < -0.3 is 10.2 Å². The number of rotatable bonds is 5. The van der Waals surface area contributed by atoms with Crippen LogP contribution in [0.4, 0.5) is 0 Å². The molecule has 1 unspecified atom stereocenters. The highest BCUT2D eigenvalue weighted by molar-refractivity contribution is 7.10. The lowest BCUT2D eigenvalue weighted by Gasteiger charge is -2.23. The molecule has 1 N–H and O–H groups in total. The van der Waals surface area contributed by atoms with Gasteiger partial charge in [0.1, 0.15) is 0 Å². The van der Waals surface area contributed by atoms with Gasteiger partial charge in [-0.15, -0.1) is 11.3 Å². The molecule has 1 heterocycles. The van der Waals surface area contributed by atoms with E-state index in [-0.39, 0.29) is 5.91 Å². The fourth-order valence-electron chi connectivity index (χ4n) is 2.44. The van der Waals surface area contributed by atoms with Crippen molar-refractivity contribution < 1.29 is 4.79 Å². The maximum absolute atomic E-state index is 11.5. The Morgan fingerprint density at radius 2 is 2.39 bits per heavy atom. The van der Waals surface area contributed by atoms with Gasteiger partial charge in [-0.2, -0.15) is 0 Å². The van der Waals surface area contributed by atoms with Crippen LogP contribution in [0.3, 0.4) is 0 Å². The van der Waals surface area contributed by atoms with Crippen LogP contribution in [0.25, 0.3) is 0 Å². The normalized spacial score (nSPS) is 18.4. The van der Waals surface area contributed by atoms with Crippen LogP contribution in [0.5, 0.6) is 0 Å². The average Bonchev–Trinajstić information content (AvgIpc) is 2.83. The minimum Gasteiger partial charge on any atom is -0.349 e. The van der Waals surface area contributed by atoms with E-state index in [1.165, 1.54) is 24.8 Å². The zero-order chi connectivity index (χ0) is 13.0. The third kappa shape index (κ3) is 3.33. The van der Waals surface area contributed by atoms with Gasteiger partial charge in [0, 0.05) is 31.4 Å². The number of aryl methyl sites for hydroxylation is 1. The molecule has 3 nitrogen and oxygen atoms in total. The van der Waals surface area contributed by atoms with Gasteiger partial charge in [-0.25, -0.2) is 0 Å². The lowest BCUT2D eigenvalue weighted by molar-refractivity contribution is -0.128. The van der Waals surface area contributed by atoms with Crippen LogP contribution in [-0.2, 0) is 11.2 Å². The number of hydrogen-bond acceptors (Lipinski definition) is 3. The lowest BCUT2D eigenvalue weighted by atomic mass is 9.94. The van der Waals surface area contributed by atoms with Gasteiger partial charge in [0.25, 0.3) is 0 Å². The quantitative estimate of drug-likeness (QED) is 0.831. The predicted octanol–water partition coefficient (Wildman–Crippen LogP) is 2.58. The van der Waals surface area contributed by atoms with E-state index in [0.717, 1.165) is 13.0 Å². The first-order valence-electron chi connectivity index (χ1n) is 6.68. The summed E-state index contributed by atoms with van der Waals surface area (Å²) in [5.74, 6) is 0.219. The first-order valence-corrected chi connectivity index (χ1v) is 7.56. The zero-order valence-corrected chi connectivity index (χ0v) is 12.1. The summed E-state index contributed by atoms with van der Waals surface area (Å²) in [5, 5.41) is 5.79. The summed E-state index contributed by atoms with van der Waals surface area (Å²) in [5.41, 5.74) is 1.49. The molecule has 0 radical (unpaired) electrons. The second-order valence-electron chi connectivity index (χ2n) is 5.09. The molecule has 1 amide bonds. The summed E-state index contributed by atoms with van der Waals surface area (Å²) in [6.45, 7) is 0.930. The molecule has 1 aliphatic carbocycles. The number of carbonyl (C=O) groups excluding carboxylic acids is 1. The van der Waals surface area contributed by atoms with Crippen LogP contribution < -0.4 is 5.32 Å². The molecule has 0 aliphatic heterocycles. The van der Waals surface area contributed by atoms with Gasteiger partial charge in [0.2, 0.25) is 5.91 Å². The van der Waals surface area contributed by atoms with Crippen molar-refractivity contribution >= 4 is 17.2 Å². The van der Waals surface area contributed by atoms with Gasteiger partial charge in [-0.1, -0.05) is 0 Å². The third-order valence-corrected chi connectivity index (χ3v) is 4.51. The number of nitrogens with one attached hydrogen (secondary N) is 1. The summed E-state index contributed by atoms with van der Waals surface area (Å²) in [6.07, 6.45) is 5.31. The Kier molecular flexibility index (Phi) is 4.78. The second kappa shape index (κ2) is 6.34. The van der Waals surface area contributed by atoms with E-state index < -0.39 is 0 Å². The molecule has 1 aromatic rings. The fraction of sp³-hybridized carbons (Fsp3) is 0.643. The van der Waals surface area contributed by atoms with Crippen molar-refractivity contribution in [2.45, 2.75) is 38.1 Å². The van der Waals surface area contributed by atoms with Crippen molar-refractivity contribution in [3.8, 4) is 0 Å². The monoisotopic (exact) mass is 266 g/mol. The minimum atomic E-state index is 0.219. The van der Waals surface area contributed by atoms with E-state index in [1.807, 2.05) is 25.4 Å². The highest BCUT2D eigenvalue weighted by Crippen LogP contribution is 2.33. The van der Waals surface area contributed by atoms with E-state index in [1.54, 1.807) is 9.78 Å². The smallest absolute Gasteiger partial charge is 0.222 e. The molecule has 0 saturated heterocycles. The van der Waals surface area contributed by atoms with Crippen LogP contribution in [0, 0.1) is 0 Å². The fourth-order valence-corrected chi connectivity index (χ4v) is 3.43. The minimum absolute atomic E-state index is 0.219. The van der Waals surface area contributed by atoms with E-state index in [0.29, 0.717) is 12.5 Å². The topological polar surface area (TPSA) is 32.3 Å². The molecular formula is C14H22N2OS. The molecule has 1 aromatic heterocycles. The van der Waals surface area contributed by atoms with Crippen molar-refractivity contribution in [1.29, 1.82) is 0 Å². The highest BCUT2D eigenvalue weighted by atomic mass is 32.1. The van der Waals surface area contributed by atoms with Crippen molar-refractivity contribution in [3.05, 3.63) is 21.9 Å². The van der Waals surface area contributed by atoms with Crippen LogP contribution in [-0.4, -0.2) is 31.4 Å². The van der Waals surface area contributed by atoms with E-state index in [2.05, 4.69) is 16.8 Å². The van der Waals surface area contributed by atoms with Crippen LogP contribution in [0.1, 0.15) is 42.2 Å². The van der Waals surface area contributed by atoms with Crippen molar-refractivity contribution in [3.63, 3.8) is 0 Å². The molecule has 1 atom stereocenters. The molecule has 100 valence electrons. The standard InChI is InChI=1S/C14H22N2OS/c1-16(2)14(17)7-4-9-15-12-5-3-6-13-11(12)8-10-18-13/h8,10,12,15H,3-7,9H2,1-2H3. The zero-order valence-electron chi connectivity index (χ0n) is 11.2. The summed E-state index contributed by atoms with van der Waals surface area (Å²) in [4.78, 5) is 14.7. The molecule has 0 aromatic carbocycles. The number of carbonyl (C=O) groups is 1. The first kappa shape index (κ1) is 13.6. The lowest BCUT2D eigenvalue weighted by Crippen LogP contribution is -2.27. The summed E-state index contributed by atoms with van der Waals surface area (Å²) >= 11 is 1.88. The van der Waals surface area contributed by atoms with Crippen molar-refractivity contribution in [1.82, 2.24) is 10.2 Å². The van der Waals surface area contributed by atoms with E-state index in [4.69, 9.17) is 0 Å². The molecule has 0 fully saturated rings. The molecule has 0 bridgehead atoms. The largest absolute Gasteiger partial charge is 0.349 e. The molecule has 1 aliphatic rings. The van der Waals surface area contributed by atoms with E-state index in [9.17, 15) is 4.79 Å². The Labute approximate surface area is 113 Å². The van der Waals surface area contributed by atoms with Crippen LogP contribution >= 0.6 is 11.3 Å². The van der Waals surface area contributed by atoms with Crippen molar-refractivity contribution in [2.75, 3.05) is 20.6 Å². The summed E-state index contributed by atoms with van der Waals surface area (Å²) in [7, 11) is 3.63. The molecule has 0 spiro atoms. The number of fused-ring (bicyclic) bond motifs is 1. The second-order valence-corrected chi connectivity index (χ2v) is 6.09. The summed E-state index contributed by atoms with van der Waals surface area (Å²) in [6, 6.07) is 2.76. The van der Waals surface area contributed by atoms with Crippen LogP contribution in [0.15, 0.2) is 11.4 Å². The summed E-state index contributed by atoms with van der Waals surface area (Å²) < 4.78 is 0. The Hall–Kier alpha value is -0.870. The molecule has 4 heteroatoms. The molecule has 0 saturated carbocycles.